The van der Waals surface area contributed by atoms with Gasteiger partial charge in [-0.1, -0.05) is 13.0 Å². The maximum absolute atomic E-state index is 6.37. The minimum Gasteiger partial charge on any atom is -0.471 e. The number of aryl methyl sites for hydroxylation is 1. The number of nitrogens with one attached hydrogen (secondary N) is 1. The zero-order chi connectivity index (χ0) is 21.2. The minimum atomic E-state index is 0.0212. The highest BCUT2D eigenvalue weighted by Gasteiger charge is 2.22. The zero-order valence-corrected chi connectivity index (χ0v) is 18.4. The van der Waals surface area contributed by atoms with Gasteiger partial charge in [-0.05, 0) is 62.1 Å². The molecule has 7 heteroatoms. The second kappa shape index (κ2) is 8.83. The van der Waals surface area contributed by atoms with Gasteiger partial charge in [-0.15, -0.1) is 0 Å². The van der Waals surface area contributed by atoms with Crippen LogP contribution in [0.2, 0.25) is 0 Å². The van der Waals surface area contributed by atoms with Crippen molar-refractivity contribution < 1.29 is 9.47 Å². The van der Waals surface area contributed by atoms with Gasteiger partial charge in [0.1, 0.15) is 6.10 Å². The minimum absolute atomic E-state index is 0.0212. The smallest absolute Gasteiger partial charge is 0.226 e. The molecule has 1 aliphatic carbocycles. The van der Waals surface area contributed by atoms with E-state index in [1.54, 1.807) is 0 Å². The lowest BCUT2D eigenvalue weighted by Crippen LogP contribution is -2.29. The molecule has 1 N–H and O–H groups in total. The molecular weight excluding hydrogens is 390 g/mol. The summed E-state index contributed by atoms with van der Waals surface area (Å²) in [4.78, 5) is 9.47. The molecule has 3 heterocycles. The Bertz CT molecular complexity index is 1040. The first kappa shape index (κ1) is 20.2. The summed E-state index contributed by atoms with van der Waals surface area (Å²) in [6.07, 6.45) is 10.6. The molecular formula is C24H31N5O2. The van der Waals surface area contributed by atoms with Crippen LogP contribution < -0.4 is 10.1 Å². The fourth-order valence-corrected chi connectivity index (χ4v) is 4.60. The van der Waals surface area contributed by atoms with Crippen LogP contribution in [0.15, 0.2) is 30.6 Å². The molecule has 2 fully saturated rings. The van der Waals surface area contributed by atoms with Crippen molar-refractivity contribution in [3.8, 4) is 17.0 Å². The molecule has 1 atom stereocenters. The lowest BCUT2D eigenvalue weighted by atomic mass is 9.87. The highest BCUT2D eigenvalue weighted by Crippen LogP contribution is 2.33. The molecule has 1 aromatic carbocycles. The van der Waals surface area contributed by atoms with Gasteiger partial charge in [-0.25, -0.2) is 4.98 Å². The normalized spacial score (nSPS) is 24.3. The van der Waals surface area contributed by atoms with E-state index in [4.69, 9.17) is 14.5 Å². The van der Waals surface area contributed by atoms with Crippen molar-refractivity contribution in [2.24, 2.45) is 13.0 Å². The third kappa shape index (κ3) is 4.51. The van der Waals surface area contributed by atoms with Crippen LogP contribution in [-0.2, 0) is 11.8 Å². The Morgan fingerprint density at radius 1 is 1.13 bits per heavy atom. The Balaban J connectivity index is 1.44. The van der Waals surface area contributed by atoms with Crippen LogP contribution in [0.25, 0.3) is 22.0 Å². The zero-order valence-electron chi connectivity index (χ0n) is 18.4. The predicted molar refractivity (Wildman–Crippen MR) is 121 cm³/mol. The number of hydrogen-bond donors (Lipinski definition) is 1. The average molecular weight is 422 g/mol. The first-order valence-electron chi connectivity index (χ1n) is 11.5. The average Bonchev–Trinajstić information content (AvgIpc) is 3.16. The molecule has 0 unspecified atom stereocenters. The Morgan fingerprint density at radius 2 is 2.00 bits per heavy atom. The van der Waals surface area contributed by atoms with Crippen LogP contribution in [0.1, 0.15) is 45.4 Å². The molecule has 164 valence electrons. The summed E-state index contributed by atoms with van der Waals surface area (Å²) < 4.78 is 13.9. The molecule has 0 bridgehead atoms. The number of nitrogens with zero attached hydrogens (tertiary/aromatic N) is 4. The maximum atomic E-state index is 6.37. The van der Waals surface area contributed by atoms with Crippen molar-refractivity contribution in [2.75, 3.05) is 18.5 Å². The molecule has 2 aromatic heterocycles. The molecule has 0 spiro atoms. The van der Waals surface area contributed by atoms with E-state index in [0.717, 1.165) is 60.2 Å². The third-order valence-electron chi connectivity index (χ3n) is 6.56. The van der Waals surface area contributed by atoms with Crippen LogP contribution in [0.5, 0.6) is 5.88 Å². The van der Waals surface area contributed by atoms with E-state index in [2.05, 4.69) is 40.5 Å². The topological polar surface area (TPSA) is 74.1 Å². The summed E-state index contributed by atoms with van der Waals surface area (Å²) in [5.41, 5.74) is 3.03. The first-order chi connectivity index (χ1) is 15.2. The van der Waals surface area contributed by atoms with Gasteiger partial charge in [-0.3, -0.25) is 4.68 Å². The number of hydrogen-bond acceptors (Lipinski definition) is 6. The van der Waals surface area contributed by atoms with Crippen LogP contribution >= 0.6 is 0 Å². The monoisotopic (exact) mass is 421 g/mol. The lowest BCUT2D eigenvalue weighted by molar-refractivity contribution is 0.00578. The summed E-state index contributed by atoms with van der Waals surface area (Å²) in [7, 11) is 1.95. The van der Waals surface area contributed by atoms with Crippen molar-refractivity contribution in [1.82, 2.24) is 19.7 Å². The summed E-state index contributed by atoms with van der Waals surface area (Å²) in [6.45, 7) is 3.74. The van der Waals surface area contributed by atoms with Crippen LogP contribution in [0, 0.1) is 5.92 Å². The molecule has 7 nitrogen and oxygen atoms in total. The number of anilines is 1. The summed E-state index contributed by atoms with van der Waals surface area (Å²) >= 11 is 0. The molecule has 5 rings (SSSR count). The van der Waals surface area contributed by atoms with Gasteiger partial charge in [0.05, 0.1) is 23.9 Å². The molecule has 1 saturated heterocycles. The molecule has 1 aliphatic heterocycles. The van der Waals surface area contributed by atoms with Crippen molar-refractivity contribution in [2.45, 2.75) is 57.6 Å². The summed E-state index contributed by atoms with van der Waals surface area (Å²) in [5, 5.41) is 8.99. The van der Waals surface area contributed by atoms with Crippen molar-refractivity contribution >= 4 is 16.9 Å². The lowest BCUT2D eigenvalue weighted by Gasteiger charge is -2.27. The van der Waals surface area contributed by atoms with Crippen LogP contribution in [0.3, 0.4) is 0 Å². The number of fused-ring (bicyclic) bond motifs is 1. The highest BCUT2D eigenvalue weighted by molar-refractivity contribution is 5.85. The Hall–Kier alpha value is -2.67. The van der Waals surface area contributed by atoms with Gasteiger partial charge in [-0.2, -0.15) is 10.1 Å². The molecule has 31 heavy (non-hydrogen) atoms. The molecule has 3 aromatic rings. The van der Waals surface area contributed by atoms with Crippen LogP contribution in [-0.4, -0.2) is 45.1 Å². The largest absolute Gasteiger partial charge is 0.471 e. The molecule has 1 saturated carbocycles. The molecule has 0 amide bonds. The van der Waals surface area contributed by atoms with Crippen molar-refractivity contribution in [3.05, 3.63) is 30.6 Å². The fourth-order valence-electron chi connectivity index (χ4n) is 4.60. The van der Waals surface area contributed by atoms with Gasteiger partial charge in [0.15, 0.2) is 0 Å². The van der Waals surface area contributed by atoms with Gasteiger partial charge in [0, 0.05) is 31.3 Å². The van der Waals surface area contributed by atoms with Crippen molar-refractivity contribution in [1.29, 1.82) is 0 Å². The van der Waals surface area contributed by atoms with E-state index in [-0.39, 0.29) is 6.10 Å². The standard InChI is InChI=1S/C24H31N5O2/c1-16-5-8-19(9-6-16)27-24-25-14-21(23(28-24)31-20-4-3-11-30-15-20)17-7-10-22-18(12-17)13-26-29(22)2/h7,10,12-14,16,19-20H,3-6,8-9,11,15H2,1-2H3,(H,25,27,28)/t16?,19?,20-/m1/s1. The van der Waals surface area contributed by atoms with Gasteiger partial charge >= 0.3 is 0 Å². The molecule has 2 aliphatic rings. The quantitative estimate of drug-likeness (QED) is 0.650. The predicted octanol–water partition coefficient (Wildman–Crippen LogP) is 4.58. The van der Waals surface area contributed by atoms with E-state index in [1.165, 1.54) is 12.8 Å². The number of aromatic nitrogens is 4. The highest BCUT2D eigenvalue weighted by atomic mass is 16.5. The number of rotatable bonds is 5. The van der Waals surface area contributed by atoms with Crippen LogP contribution in [0.4, 0.5) is 5.95 Å². The van der Waals surface area contributed by atoms with Gasteiger partial charge < -0.3 is 14.8 Å². The van der Waals surface area contributed by atoms with Gasteiger partial charge in [0.2, 0.25) is 11.8 Å². The second-order valence-electron chi connectivity index (χ2n) is 9.01. The molecule has 0 radical (unpaired) electrons. The number of benzene rings is 1. The van der Waals surface area contributed by atoms with E-state index >= 15 is 0 Å². The fraction of sp³-hybridized carbons (Fsp3) is 0.542. The Labute approximate surface area is 183 Å². The second-order valence-corrected chi connectivity index (χ2v) is 9.01. The Morgan fingerprint density at radius 3 is 2.81 bits per heavy atom. The van der Waals surface area contributed by atoms with Gasteiger partial charge in [0.25, 0.3) is 0 Å². The Kier molecular flexibility index (Phi) is 5.76. The SMILES string of the molecule is CC1CCC(Nc2ncc(-c3ccc4c(cnn4C)c3)c(O[C@@H]3CCCOC3)n2)CC1. The van der Waals surface area contributed by atoms with E-state index in [1.807, 2.05) is 24.1 Å². The van der Waals surface area contributed by atoms with E-state index < -0.39 is 0 Å². The first-order valence-corrected chi connectivity index (χ1v) is 11.5. The van der Waals surface area contributed by atoms with Crippen molar-refractivity contribution in [3.63, 3.8) is 0 Å². The van der Waals surface area contributed by atoms with E-state index in [9.17, 15) is 0 Å². The maximum Gasteiger partial charge on any atom is 0.226 e. The summed E-state index contributed by atoms with van der Waals surface area (Å²) in [5.74, 6) is 2.09. The summed E-state index contributed by atoms with van der Waals surface area (Å²) in [6, 6.07) is 6.73. The third-order valence-corrected chi connectivity index (χ3v) is 6.56. The number of ether oxygens (including phenoxy) is 2. The van der Waals surface area contributed by atoms with E-state index in [0.29, 0.717) is 24.5 Å².